The van der Waals surface area contributed by atoms with Gasteiger partial charge in [-0.25, -0.2) is 0 Å². The number of hydrogen-bond acceptors (Lipinski definition) is 3. The molecule has 0 spiro atoms. The molecule has 0 saturated heterocycles. The standard InChI is InChI=1S/C14H14BrNOS/c1-17-10-4-2-5-11(8-10)18-14-7-3-6-13(15)12(14)9-16/h2-8H,9,16H2,1H3. The van der Waals surface area contributed by atoms with Crippen LogP contribution in [0.3, 0.4) is 0 Å². The fourth-order valence-corrected chi connectivity index (χ4v) is 3.32. The van der Waals surface area contributed by atoms with Crippen molar-refractivity contribution in [3.63, 3.8) is 0 Å². The molecule has 2 rings (SSSR count). The second kappa shape index (κ2) is 6.27. The maximum Gasteiger partial charge on any atom is 0.119 e. The number of rotatable bonds is 4. The smallest absolute Gasteiger partial charge is 0.119 e. The summed E-state index contributed by atoms with van der Waals surface area (Å²) < 4.78 is 6.28. The van der Waals surface area contributed by atoms with E-state index < -0.39 is 0 Å². The molecule has 2 aromatic rings. The first kappa shape index (κ1) is 13.5. The van der Waals surface area contributed by atoms with E-state index >= 15 is 0 Å². The summed E-state index contributed by atoms with van der Waals surface area (Å²) in [5, 5.41) is 0. The molecular formula is C14H14BrNOS. The van der Waals surface area contributed by atoms with Gasteiger partial charge in [0.05, 0.1) is 7.11 Å². The van der Waals surface area contributed by atoms with Gasteiger partial charge in [0.2, 0.25) is 0 Å². The Morgan fingerprint density at radius 2 is 2.00 bits per heavy atom. The van der Waals surface area contributed by atoms with Gasteiger partial charge in [-0.1, -0.05) is 39.8 Å². The van der Waals surface area contributed by atoms with Crippen molar-refractivity contribution in [3.05, 3.63) is 52.5 Å². The third-order valence-corrected chi connectivity index (χ3v) is 4.38. The highest BCUT2D eigenvalue weighted by Crippen LogP contribution is 2.34. The maximum absolute atomic E-state index is 5.79. The van der Waals surface area contributed by atoms with Gasteiger partial charge in [-0.3, -0.25) is 0 Å². The van der Waals surface area contributed by atoms with Crippen molar-refractivity contribution in [3.8, 4) is 5.75 Å². The first-order valence-electron chi connectivity index (χ1n) is 5.54. The van der Waals surface area contributed by atoms with Crippen molar-refractivity contribution in [1.29, 1.82) is 0 Å². The predicted octanol–water partition coefficient (Wildman–Crippen LogP) is 4.07. The van der Waals surface area contributed by atoms with Crippen LogP contribution in [0.4, 0.5) is 0 Å². The van der Waals surface area contributed by atoms with Gasteiger partial charge in [-0.2, -0.15) is 0 Å². The van der Waals surface area contributed by atoms with E-state index in [1.807, 2.05) is 30.3 Å². The van der Waals surface area contributed by atoms with Gasteiger partial charge in [0, 0.05) is 20.8 Å². The van der Waals surface area contributed by atoms with Gasteiger partial charge >= 0.3 is 0 Å². The molecule has 0 aliphatic rings. The van der Waals surface area contributed by atoms with E-state index in [1.54, 1.807) is 18.9 Å². The Kier molecular flexibility index (Phi) is 4.69. The van der Waals surface area contributed by atoms with Gasteiger partial charge < -0.3 is 10.5 Å². The first-order valence-corrected chi connectivity index (χ1v) is 7.15. The average Bonchev–Trinajstić information content (AvgIpc) is 2.39. The number of halogens is 1. The summed E-state index contributed by atoms with van der Waals surface area (Å²) in [5.74, 6) is 0.865. The second-order valence-electron chi connectivity index (χ2n) is 3.70. The molecule has 4 heteroatoms. The molecule has 0 atom stereocenters. The van der Waals surface area contributed by atoms with Crippen LogP contribution in [0.15, 0.2) is 56.7 Å². The molecule has 0 saturated carbocycles. The molecule has 0 amide bonds. The molecule has 18 heavy (non-hydrogen) atoms. The van der Waals surface area contributed by atoms with Crippen LogP contribution in [0.5, 0.6) is 5.75 Å². The van der Waals surface area contributed by atoms with E-state index in [0.717, 1.165) is 20.7 Å². The zero-order valence-electron chi connectivity index (χ0n) is 10.0. The van der Waals surface area contributed by atoms with Crippen LogP contribution in [-0.2, 0) is 6.54 Å². The van der Waals surface area contributed by atoms with Crippen molar-refractivity contribution in [1.82, 2.24) is 0 Å². The minimum Gasteiger partial charge on any atom is -0.497 e. The molecule has 0 heterocycles. The molecule has 0 aromatic heterocycles. The number of nitrogens with two attached hydrogens (primary N) is 1. The molecule has 0 unspecified atom stereocenters. The Morgan fingerprint density at radius 3 is 2.72 bits per heavy atom. The largest absolute Gasteiger partial charge is 0.497 e. The van der Waals surface area contributed by atoms with E-state index in [2.05, 4.69) is 28.1 Å². The van der Waals surface area contributed by atoms with Crippen LogP contribution < -0.4 is 10.5 Å². The van der Waals surface area contributed by atoms with Crippen molar-refractivity contribution < 1.29 is 4.74 Å². The van der Waals surface area contributed by atoms with E-state index in [4.69, 9.17) is 10.5 Å². The highest BCUT2D eigenvalue weighted by atomic mass is 79.9. The number of ether oxygens (including phenoxy) is 1. The summed E-state index contributed by atoms with van der Waals surface area (Å²) in [6.07, 6.45) is 0. The maximum atomic E-state index is 5.79. The summed E-state index contributed by atoms with van der Waals surface area (Å²) in [7, 11) is 1.67. The predicted molar refractivity (Wildman–Crippen MR) is 79.2 cm³/mol. The zero-order chi connectivity index (χ0) is 13.0. The van der Waals surface area contributed by atoms with Crippen molar-refractivity contribution in [2.75, 3.05) is 7.11 Å². The Morgan fingerprint density at radius 1 is 1.22 bits per heavy atom. The number of benzene rings is 2. The van der Waals surface area contributed by atoms with E-state index in [9.17, 15) is 0 Å². The summed E-state index contributed by atoms with van der Waals surface area (Å²) in [6.45, 7) is 0.522. The molecule has 2 aromatic carbocycles. The molecule has 0 fully saturated rings. The van der Waals surface area contributed by atoms with Crippen LogP contribution in [0, 0.1) is 0 Å². The lowest BCUT2D eigenvalue weighted by Crippen LogP contribution is -1.99. The van der Waals surface area contributed by atoms with E-state index in [0.29, 0.717) is 6.54 Å². The Labute approximate surface area is 120 Å². The van der Waals surface area contributed by atoms with Gasteiger partial charge in [0.15, 0.2) is 0 Å². The van der Waals surface area contributed by atoms with E-state index in [-0.39, 0.29) is 0 Å². The molecule has 2 nitrogen and oxygen atoms in total. The fourth-order valence-electron chi connectivity index (χ4n) is 1.62. The average molecular weight is 324 g/mol. The fraction of sp³-hybridized carbons (Fsp3) is 0.143. The topological polar surface area (TPSA) is 35.2 Å². The van der Waals surface area contributed by atoms with Gasteiger partial charge in [0.1, 0.15) is 5.75 Å². The third-order valence-electron chi connectivity index (χ3n) is 2.55. The molecule has 2 N–H and O–H groups in total. The SMILES string of the molecule is COc1cccc(Sc2cccc(Br)c2CN)c1. The van der Waals surface area contributed by atoms with Gasteiger partial charge in [-0.15, -0.1) is 0 Å². The summed E-state index contributed by atoms with van der Waals surface area (Å²) in [4.78, 5) is 2.31. The first-order chi connectivity index (χ1) is 8.74. The molecule has 0 radical (unpaired) electrons. The molecule has 0 bridgehead atoms. The van der Waals surface area contributed by atoms with Crippen molar-refractivity contribution in [2.24, 2.45) is 5.73 Å². The minimum atomic E-state index is 0.522. The normalized spacial score (nSPS) is 10.4. The van der Waals surface area contributed by atoms with Crippen molar-refractivity contribution in [2.45, 2.75) is 16.3 Å². The summed E-state index contributed by atoms with van der Waals surface area (Å²) in [5.41, 5.74) is 6.92. The lowest BCUT2D eigenvalue weighted by atomic mass is 10.2. The molecule has 0 aliphatic carbocycles. The zero-order valence-corrected chi connectivity index (χ0v) is 12.4. The Hall–Kier alpha value is -0.970. The highest BCUT2D eigenvalue weighted by molar-refractivity contribution is 9.10. The van der Waals surface area contributed by atoms with Crippen LogP contribution >= 0.6 is 27.7 Å². The Balaban J connectivity index is 2.30. The quantitative estimate of drug-likeness (QED) is 0.921. The van der Waals surface area contributed by atoms with E-state index in [1.165, 1.54) is 4.90 Å². The summed E-state index contributed by atoms with van der Waals surface area (Å²) in [6, 6.07) is 14.1. The monoisotopic (exact) mass is 323 g/mol. The second-order valence-corrected chi connectivity index (χ2v) is 5.67. The van der Waals surface area contributed by atoms with Crippen molar-refractivity contribution >= 4 is 27.7 Å². The third kappa shape index (κ3) is 3.07. The molecule has 94 valence electrons. The lowest BCUT2D eigenvalue weighted by molar-refractivity contribution is 0.413. The van der Waals surface area contributed by atoms with Crippen LogP contribution in [0.1, 0.15) is 5.56 Å². The lowest BCUT2D eigenvalue weighted by Gasteiger charge is -2.10. The molecule has 0 aliphatic heterocycles. The number of methoxy groups -OCH3 is 1. The van der Waals surface area contributed by atoms with Crippen LogP contribution in [-0.4, -0.2) is 7.11 Å². The van der Waals surface area contributed by atoms with Gasteiger partial charge in [0.25, 0.3) is 0 Å². The number of hydrogen-bond donors (Lipinski definition) is 1. The van der Waals surface area contributed by atoms with Crippen LogP contribution in [0.2, 0.25) is 0 Å². The van der Waals surface area contributed by atoms with Gasteiger partial charge in [-0.05, 0) is 35.9 Å². The summed E-state index contributed by atoms with van der Waals surface area (Å²) >= 11 is 5.22. The Bertz CT molecular complexity index is 545. The van der Waals surface area contributed by atoms with Crippen LogP contribution in [0.25, 0.3) is 0 Å². The molecular weight excluding hydrogens is 310 g/mol. The highest BCUT2D eigenvalue weighted by Gasteiger charge is 2.07. The minimum absolute atomic E-state index is 0.522.